The summed E-state index contributed by atoms with van der Waals surface area (Å²) < 4.78 is 43.8. The van der Waals surface area contributed by atoms with Gasteiger partial charge < -0.3 is 18.8 Å². The van der Waals surface area contributed by atoms with Gasteiger partial charge in [-0.2, -0.15) is 0 Å². The quantitative estimate of drug-likeness (QED) is 0.552. The fourth-order valence-corrected chi connectivity index (χ4v) is 3.57. The summed E-state index contributed by atoms with van der Waals surface area (Å²) in [7, 11) is 1.60. The predicted molar refractivity (Wildman–Crippen MR) is 114 cm³/mol. The first-order valence-corrected chi connectivity index (χ1v) is 10.3. The molecule has 1 aliphatic heterocycles. The van der Waals surface area contributed by atoms with Crippen LogP contribution in [0.1, 0.15) is 21.9 Å². The largest absolute Gasteiger partial charge is 0.497 e. The van der Waals surface area contributed by atoms with E-state index in [0.717, 1.165) is 11.8 Å². The molecular weight excluding hydrogens is 418 g/mol. The molecule has 0 N–H and O–H groups in total. The summed E-state index contributed by atoms with van der Waals surface area (Å²) >= 11 is 0. The average molecular weight is 442 g/mol. The number of hydrogen-bond acceptors (Lipinski definition) is 5. The first-order valence-electron chi connectivity index (χ1n) is 10.3. The molecule has 0 radical (unpaired) electrons. The minimum atomic E-state index is -0.846. The van der Waals surface area contributed by atoms with Gasteiger partial charge in [-0.15, -0.1) is 0 Å². The smallest absolute Gasteiger partial charge is 0.289 e. The van der Waals surface area contributed by atoms with E-state index in [1.54, 1.807) is 54.5 Å². The molecule has 0 spiro atoms. The molecule has 0 bridgehead atoms. The van der Waals surface area contributed by atoms with Gasteiger partial charge in [-0.3, -0.25) is 9.69 Å². The number of hydrogen-bond donors (Lipinski definition) is 0. The van der Waals surface area contributed by atoms with E-state index in [9.17, 15) is 13.6 Å². The van der Waals surface area contributed by atoms with Gasteiger partial charge in [-0.25, -0.2) is 8.78 Å². The number of ether oxygens (including phenoxy) is 2. The normalized spacial score (nSPS) is 14.4. The zero-order chi connectivity index (χ0) is 22.5. The van der Waals surface area contributed by atoms with Gasteiger partial charge in [0.15, 0.2) is 17.4 Å². The molecule has 2 heterocycles. The molecule has 6 nitrogen and oxygen atoms in total. The number of furan rings is 1. The van der Waals surface area contributed by atoms with Crippen LogP contribution in [0.4, 0.5) is 8.78 Å². The van der Waals surface area contributed by atoms with Gasteiger partial charge in [0.05, 0.1) is 7.11 Å². The summed E-state index contributed by atoms with van der Waals surface area (Å²) in [5.74, 6) is 0.349. The maximum absolute atomic E-state index is 13.9. The van der Waals surface area contributed by atoms with Gasteiger partial charge in [0.2, 0.25) is 0 Å². The molecule has 32 heavy (non-hydrogen) atoms. The Morgan fingerprint density at radius 3 is 2.41 bits per heavy atom. The number of piperazine rings is 1. The summed E-state index contributed by atoms with van der Waals surface area (Å²) in [4.78, 5) is 16.5. The van der Waals surface area contributed by atoms with E-state index >= 15 is 0 Å². The van der Waals surface area contributed by atoms with E-state index in [0.29, 0.717) is 49.8 Å². The van der Waals surface area contributed by atoms with Crippen molar-refractivity contribution in [1.82, 2.24) is 9.80 Å². The Labute approximate surface area is 184 Å². The zero-order valence-corrected chi connectivity index (χ0v) is 17.7. The van der Waals surface area contributed by atoms with Crippen molar-refractivity contribution in [3.63, 3.8) is 0 Å². The maximum atomic E-state index is 13.9. The number of rotatable bonds is 7. The topological polar surface area (TPSA) is 55.2 Å². The SMILES string of the molecule is COc1ccc(OCc2ccc(C(=O)N3CCN(Cc4cccc(F)c4F)CC3)o2)cc1. The summed E-state index contributed by atoms with van der Waals surface area (Å²) in [5, 5.41) is 0. The molecule has 1 fully saturated rings. The second-order valence-corrected chi connectivity index (χ2v) is 7.51. The number of benzene rings is 2. The summed E-state index contributed by atoms with van der Waals surface area (Å²) in [6.45, 7) is 2.60. The Bertz CT molecular complexity index is 1060. The summed E-state index contributed by atoms with van der Waals surface area (Å²) in [6, 6.07) is 14.7. The van der Waals surface area contributed by atoms with Crippen molar-refractivity contribution in [3.05, 3.63) is 83.3 Å². The average Bonchev–Trinajstić information content (AvgIpc) is 3.30. The van der Waals surface area contributed by atoms with Crippen LogP contribution in [-0.4, -0.2) is 49.0 Å². The van der Waals surface area contributed by atoms with Crippen LogP contribution in [0.25, 0.3) is 0 Å². The van der Waals surface area contributed by atoms with Gasteiger partial charge in [0, 0.05) is 38.3 Å². The van der Waals surface area contributed by atoms with Crippen molar-refractivity contribution in [2.75, 3.05) is 33.3 Å². The number of amides is 1. The zero-order valence-electron chi connectivity index (χ0n) is 17.7. The number of nitrogens with zero attached hydrogens (tertiary/aromatic N) is 2. The van der Waals surface area contributed by atoms with E-state index < -0.39 is 11.6 Å². The molecule has 3 aromatic rings. The van der Waals surface area contributed by atoms with Crippen LogP contribution in [0, 0.1) is 11.6 Å². The number of halogens is 2. The lowest BCUT2D eigenvalue weighted by Crippen LogP contribution is -2.48. The summed E-state index contributed by atoms with van der Waals surface area (Å²) in [6.07, 6.45) is 0. The van der Waals surface area contributed by atoms with Crippen LogP contribution in [0.3, 0.4) is 0 Å². The first kappa shape index (κ1) is 21.8. The van der Waals surface area contributed by atoms with Crippen molar-refractivity contribution < 1.29 is 27.5 Å². The monoisotopic (exact) mass is 442 g/mol. The van der Waals surface area contributed by atoms with Crippen LogP contribution >= 0.6 is 0 Å². The molecule has 1 amide bonds. The molecule has 0 unspecified atom stereocenters. The van der Waals surface area contributed by atoms with Crippen molar-refractivity contribution in [3.8, 4) is 11.5 Å². The van der Waals surface area contributed by atoms with Gasteiger partial charge in [0.1, 0.15) is 23.9 Å². The Kier molecular flexibility index (Phi) is 6.70. The van der Waals surface area contributed by atoms with Gasteiger partial charge >= 0.3 is 0 Å². The minimum Gasteiger partial charge on any atom is -0.497 e. The third-order valence-electron chi connectivity index (χ3n) is 5.40. The molecule has 1 aromatic heterocycles. The van der Waals surface area contributed by atoms with Crippen LogP contribution in [0.2, 0.25) is 0 Å². The van der Waals surface area contributed by atoms with E-state index in [-0.39, 0.29) is 18.3 Å². The van der Waals surface area contributed by atoms with Crippen molar-refractivity contribution in [2.24, 2.45) is 0 Å². The number of carbonyl (C=O) groups excluding carboxylic acids is 1. The second-order valence-electron chi connectivity index (χ2n) is 7.51. The van der Waals surface area contributed by atoms with Crippen LogP contribution in [0.5, 0.6) is 11.5 Å². The molecule has 0 atom stereocenters. The fraction of sp³-hybridized carbons (Fsp3) is 0.292. The van der Waals surface area contributed by atoms with E-state index in [1.807, 2.05) is 4.90 Å². The van der Waals surface area contributed by atoms with E-state index in [1.165, 1.54) is 6.07 Å². The highest BCUT2D eigenvalue weighted by Gasteiger charge is 2.25. The highest BCUT2D eigenvalue weighted by Crippen LogP contribution is 2.20. The fourth-order valence-electron chi connectivity index (χ4n) is 3.57. The molecule has 4 rings (SSSR count). The number of carbonyl (C=O) groups is 1. The molecule has 1 aliphatic rings. The molecule has 0 aliphatic carbocycles. The van der Waals surface area contributed by atoms with Gasteiger partial charge in [-0.05, 0) is 42.5 Å². The second kappa shape index (κ2) is 9.82. The maximum Gasteiger partial charge on any atom is 0.289 e. The predicted octanol–water partition coefficient (Wildman–Crippen LogP) is 4.10. The highest BCUT2D eigenvalue weighted by molar-refractivity contribution is 5.91. The highest BCUT2D eigenvalue weighted by atomic mass is 19.2. The molecule has 0 saturated carbocycles. The summed E-state index contributed by atoms with van der Waals surface area (Å²) in [5.41, 5.74) is 0.317. The lowest BCUT2D eigenvalue weighted by molar-refractivity contribution is 0.0592. The third kappa shape index (κ3) is 5.08. The van der Waals surface area contributed by atoms with Crippen molar-refractivity contribution in [2.45, 2.75) is 13.2 Å². The molecule has 8 heteroatoms. The van der Waals surface area contributed by atoms with Gasteiger partial charge in [-0.1, -0.05) is 12.1 Å². The minimum absolute atomic E-state index is 0.197. The first-order chi connectivity index (χ1) is 15.5. The lowest BCUT2D eigenvalue weighted by atomic mass is 10.1. The Morgan fingerprint density at radius 1 is 0.969 bits per heavy atom. The van der Waals surface area contributed by atoms with Crippen molar-refractivity contribution in [1.29, 1.82) is 0 Å². The molecule has 168 valence electrons. The van der Waals surface area contributed by atoms with Crippen LogP contribution in [0.15, 0.2) is 59.0 Å². The van der Waals surface area contributed by atoms with Gasteiger partial charge in [0.25, 0.3) is 5.91 Å². The van der Waals surface area contributed by atoms with Crippen molar-refractivity contribution >= 4 is 5.91 Å². The Morgan fingerprint density at radius 2 is 1.69 bits per heavy atom. The molecule has 2 aromatic carbocycles. The third-order valence-corrected chi connectivity index (χ3v) is 5.40. The standard InChI is InChI=1S/C24H24F2N2O4/c1-30-18-5-7-19(8-6-18)31-16-20-9-10-22(32-20)24(29)28-13-11-27(12-14-28)15-17-3-2-4-21(25)23(17)26/h2-10H,11-16H2,1H3. The lowest BCUT2D eigenvalue weighted by Gasteiger charge is -2.34. The van der Waals surface area contributed by atoms with E-state index in [4.69, 9.17) is 13.9 Å². The Balaban J connectivity index is 1.28. The number of methoxy groups -OCH3 is 1. The van der Waals surface area contributed by atoms with Crippen LogP contribution in [-0.2, 0) is 13.2 Å². The Hall–Kier alpha value is -3.39. The van der Waals surface area contributed by atoms with Crippen LogP contribution < -0.4 is 9.47 Å². The van der Waals surface area contributed by atoms with E-state index in [2.05, 4.69) is 0 Å². The molecular formula is C24H24F2N2O4. The molecule has 1 saturated heterocycles.